The highest BCUT2D eigenvalue weighted by Crippen LogP contribution is 2.28. The minimum Gasteiger partial charge on any atom is -0.333 e. The maximum Gasteiger partial charge on any atom is 0.245 e. The summed E-state index contributed by atoms with van der Waals surface area (Å²) in [4.78, 5) is 27.0. The largest absolute Gasteiger partial charge is 0.333 e. The van der Waals surface area contributed by atoms with Crippen molar-refractivity contribution in [3.8, 4) is 16.9 Å². The maximum atomic E-state index is 12.8. The van der Waals surface area contributed by atoms with E-state index in [9.17, 15) is 9.59 Å². The lowest BCUT2D eigenvalue weighted by Crippen LogP contribution is -2.43. The Morgan fingerprint density at radius 3 is 2.33 bits per heavy atom. The quantitative estimate of drug-likeness (QED) is 0.646. The molecule has 1 aliphatic rings. The van der Waals surface area contributed by atoms with E-state index in [2.05, 4.69) is 5.32 Å². The highest BCUT2D eigenvalue weighted by Gasteiger charge is 2.29. The minimum atomic E-state index is -0.221. The van der Waals surface area contributed by atoms with Crippen LogP contribution in [0, 0.1) is 5.92 Å². The number of hydrogen-bond acceptors (Lipinski definition) is 3. The van der Waals surface area contributed by atoms with Crippen LogP contribution in [0.25, 0.3) is 16.9 Å². The molecule has 30 heavy (non-hydrogen) atoms. The molecule has 2 aromatic carbocycles. The molecule has 154 valence electrons. The molecular weight excluding hydrogens is 376 g/mol. The standard InChI is InChI=1S/C24H26N4O2/c1-2-27(24(30)19-12-9-13-19)17-23(29)25-22-16-21(18-10-5-3-6-11-18)26-28(22)20-14-7-4-8-15-20/h3-8,10-11,14-16,19H,2,9,12-13,17H2,1H3,(H,25,29). The SMILES string of the molecule is CCN(CC(=O)Nc1cc(-c2ccccc2)nn1-c1ccccc1)C(=O)C1CCC1. The summed E-state index contributed by atoms with van der Waals surface area (Å²) in [5.41, 5.74) is 2.60. The Labute approximate surface area is 176 Å². The zero-order valence-corrected chi connectivity index (χ0v) is 17.1. The molecule has 2 amide bonds. The first-order chi connectivity index (χ1) is 14.7. The van der Waals surface area contributed by atoms with Gasteiger partial charge in [0.2, 0.25) is 11.8 Å². The van der Waals surface area contributed by atoms with Crippen LogP contribution < -0.4 is 5.32 Å². The van der Waals surface area contributed by atoms with Crippen molar-refractivity contribution in [1.82, 2.24) is 14.7 Å². The molecule has 1 aliphatic carbocycles. The number of rotatable bonds is 7. The van der Waals surface area contributed by atoms with Gasteiger partial charge in [0.25, 0.3) is 0 Å². The van der Waals surface area contributed by atoms with Gasteiger partial charge in [-0.3, -0.25) is 9.59 Å². The third-order valence-corrected chi connectivity index (χ3v) is 5.53. The van der Waals surface area contributed by atoms with Crippen LogP contribution in [0.1, 0.15) is 26.2 Å². The molecule has 0 unspecified atom stereocenters. The molecule has 0 aliphatic heterocycles. The Kier molecular flexibility index (Phi) is 5.93. The zero-order chi connectivity index (χ0) is 20.9. The number of hydrogen-bond donors (Lipinski definition) is 1. The van der Waals surface area contributed by atoms with Gasteiger partial charge in [0.1, 0.15) is 5.82 Å². The summed E-state index contributed by atoms with van der Waals surface area (Å²) in [6, 6.07) is 21.4. The number of nitrogens with zero attached hydrogens (tertiary/aromatic N) is 3. The highest BCUT2D eigenvalue weighted by molar-refractivity contribution is 5.95. The van der Waals surface area contributed by atoms with Gasteiger partial charge in [-0.05, 0) is 31.9 Å². The molecule has 0 bridgehead atoms. The molecule has 6 heteroatoms. The minimum absolute atomic E-state index is 0.0481. The summed E-state index contributed by atoms with van der Waals surface area (Å²) in [6.07, 6.45) is 2.95. The molecule has 1 N–H and O–H groups in total. The summed E-state index contributed by atoms with van der Waals surface area (Å²) >= 11 is 0. The van der Waals surface area contributed by atoms with E-state index in [-0.39, 0.29) is 24.3 Å². The molecule has 4 rings (SSSR count). The fourth-order valence-corrected chi connectivity index (χ4v) is 3.60. The molecule has 1 aromatic heterocycles. The third kappa shape index (κ3) is 4.27. The van der Waals surface area contributed by atoms with Crippen molar-refractivity contribution in [2.24, 2.45) is 5.92 Å². The first-order valence-electron chi connectivity index (χ1n) is 10.4. The van der Waals surface area contributed by atoms with Crippen molar-refractivity contribution in [3.63, 3.8) is 0 Å². The second-order valence-corrected chi connectivity index (χ2v) is 7.56. The number of benzene rings is 2. The number of anilines is 1. The molecular formula is C24H26N4O2. The predicted octanol–water partition coefficient (Wildman–Crippen LogP) is 4.13. The van der Waals surface area contributed by atoms with Crippen LogP contribution in [0.4, 0.5) is 5.82 Å². The van der Waals surface area contributed by atoms with Crippen molar-refractivity contribution in [3.05, 3.63) is 66.7 Å². The first kappa shape index (κ1) is 19.9. The van der Waals surface area contributed by atoms with Gasteiger partial charge in [-0.2, -0.15) is 5.10 Å². The average molecular weight is 402 g/mol. The average Bonchev–Trinajstić information content (AvgIpc) is 3.15. The molecule has 6 nitrogen and oxygen atoms in total. The lowest BCUT2D eigenvalue weighted by Gasteiger charge is -2.30. The fraction of sp³-hybridized carbons (Fsp3) is 0.292. The Balaban J connectivity index is 1.57. The van der Waals surface area contributed by atoms with E-state index in [1.54, 1.807) is 9.58 Å². The van der Waals surface area contributed by atoms with E-state index in [1.807, 2.05) is 73.7 Å². The normalized spacial score (nSPS) is 13.5. The summed E-state index contributed by atoms with van der Waals surface area (Å²) in [7, 11) is 0. The predicted molar refractivity (Wildman–Crippen MR) is 117 cm³/mol. The fourth-order valence-electron chi connectivity index (χ4n) is 3.60. The number of carbonyl (C=O) groups is 2. The van der Waals surface area contributed by atoms with Gasteiger partial charge in [0.05, 0.1) is 17.9 Å². The molecule has 0 saturated heterocycles. The molecule has 0 radical (unpaired) electrons. The molecule has 3 aromatic rings. The highest BCUT2D eigenvalue weighted by atomic mass is 16.2. The molecule has 1 heterocycles. The number of aromatic nitrogens is 2. The Morgan fingerprint density at radius 1 is 1.07 bits per heavy atom. The van der Waals surface area contributed by atoms with Crippen LogP contribution in [0.15, 0.2) is 66.7 Å². The topological polar surface area (TPSA) is 67.2 Å². The molecule has 0 spiro atoms. The van der Waals surface area contributed by atoms with E-state index >= 15 is 0 Å². The third-order valence-electron chi connectivity index (χ3n) is 5.53. The second kappa shape index (κ2) is 8.95. The number of likely N-dealkylation sites (N-methyl/N-ethyl adjacent to an activating group) is 1. The second-order valence-electron chi connectivity index (χ2n) is 7.56. The monoisotopic (exact) mass is 402 g/mol. The van der Waals surface area contributed by atoms with Crippen LogP contribution in [0.3, 0.4) is 0 Å². The summed E-state index contributed by atoms with van der Waals surface area (Å²) in [6.45, 7) is 2.48. The van der Waals surface area contributed by atoms with E-state index in [4.69, 9.17) is 5.10 Å². The lowest BCUT2D eigenvalue weighted by atomic mass is 9.84. The maximum absolute atomic E-state index is 12.8. The van der Waals surface area contributed by atoms with E-state index in [1.165, 1.54) is 0 Å². The summed E-state index contributed by atoms with van der Waals surface area (Å²) < 4.78 is 1.73. The molecule has 0 atom stereocenters. The van der Waals surface area contributed by atoms with Gasteiger partial charge >= 0.3 is 0 Å². The molecule has 1 fully saturated rings. The van der Waals surface area contributed by atoms with Gasteiger partial charge < -0.3 is 10.2 Å². The molecule has 1 saturated carbocycles. The number of nitrogens with one attached hydrogen (secondary N) is 1. The van der Waals surface area contributed by atoms with E-state index < -0.39 is 0 Å². The van der Waals surface area contributed by atoms with Gasteiger partial charge in [-0.25, -0.2) is 4.68 Å². The van der Waals surface area contributed by atoms with Gasteiger partial charge in [0.15, 0.2) is 0 Å². The first-order valence-corrected chi connectivity index (χ1v) is 10.4. The van der Waals surface area contributed by atoms with Crippen molar-refractivity contribution in [1.29, 1.82) is 0 Å². The summed E-state index contributed by atoms with van der Waals surface area (Å²) in [5.74, 6) is 0.524. The van der Waals surface area contributed by atoms with Crippen molar-refractivity contribution < 1.29 is 9.59 Å². The Bertz CT molecular complexity index is 1010. The van der Waals surface area contributed by atoms with Gasteiger partial charge in [-0.1, -0.05) is 55.0 Å². The number of amides is 2. The van der Waals surface area contributed by atoms with E-state index in [0.717, 1.165) is 36.2 Å². The van der Waals surface area contributed by atoms with E-state index in [0.29, 0.717) is 12.4 Å². The van der Waals surface area contributed by atoms with Crippen molar-refractivity contribution in [2.75, 3.05) is 18.4 Å². The number of carbonyl (C=O) groups excluding carboxylic acids is 2. The smallest absolute Gasteiger partial charge is 0.245 e. The van der Waals surface area contributed by atoms with Crippen molar-refractivity contribution >= 4 is 17.6 Å². The Hall–Kier alpha value is -3.41. The van der Waals surface area contributed by atoms with Crippen LogP contribution in [0.5, 0.6) is 0 Å². The van der Waals surface area contributed by atoms with Gasteiger partial charge in [-0.15, -0.1) is 0 Å². The van der Waals surface area contributed by atoms with Crippen LogP contribution in [0.2, 0.25) is 0 Å². The van der Waals surface area contributed by atoms with Crippen LogP contribution in [-0.2, 0) is 9.59 Å². The van der Waals surface area contributed by atoms with Crippen LogP contribution in [-0.4, -0.2) is 39.6 Å². The van der Waals surface area contributed by atoms with Gasteiger partial charge in [0, 0.05) is 24.1 Å². The van der Waals surface area contributed by atoms with Crippen molar-refractivity contribution in [2.45, 2.75) is 26.2 Å². The Morgan fingerprint density at radius 2 is 1.73 bits per heavy atom. The lowest BCUT2D eigenvalue weighted by molar-refractivity contribution is -0.140. The zero-order valence-electron chi connectivity index (χ0n) is 17.1. The van der Waals surface area contributed by atoms with Crippen LogP contribution >= 0.6 is 0 Å². The number of para-hydroxylation sites is 1. The summed E-state index contributed by atoms with van der Waals surface area (Å²) in [5, 5.41) is 7.67.